The number of halogens is 1. The maximum Gasteiger partial charge on any atom is 0.324 e. The average molecular weight is 293 g/mol. The van der Waals surface area contributed by atoms with Gasteiger partial charge in [0.05, 0.1) is 11.9 Å². The minimum Gasteiger partial charge on any atom is -0.307 e. The minimum atomic E-state index is -0.364. The first-order valence-corrected chi connectivity index (χ1v) is 5.63. The predicted molar refractivity (Wildman–Crippen MR) is 68.8 cm³/mol. The van der Waals surface area contributed by atoms with Crippen molar-refractivity contribution in [2.24, 2.45) is 0 Å². The van der Waals surface area contributed by atoms with Crippen LogP contribution in [0.3, 0.4) is 0 Å². The summed E-state index contributed by atoms with van der Waals surface area (Å²) in [6.45, 7) is 0. The molecule has 2 aromatic rings. The first-order chi connectivity index (χ1) is 8.25. The minimum absolute atomic E-state index is 0.364. The summed E-state index contributed by atoms with van der Waals surface area (Å²) in [6.07, 6.45) is 4.52. The highest BCUT2D eigenvalue weighted by Gasteiger charge is 2.05. The zero-order valence-corrected chi connectivity index (χ0v) is 10.3. The molecule has 0 radical (unpaired) electrons. The molecule has 0 bridgehead atoms. The fourth-order valence-corrected chi connectivity index (χ4v) is 1.58. The first-order valence-electron chi connectivity index (χ1n) is 4.84. The Morgan fingerprint density at radius 3 is 2.71 bits per heavy atom. The Labute approximate surface area is 106 Å². The Bertz CT molecular complexity index is 518. The van der Waals surface area contributed by atoms with Gasteiger partial charge >= 0.3 is 6.03 Å². The summed E-state index contributed by atoms with van der Waals surface area (Å²) in [5.41, 5.74) is 0.689. The molecule has 1 aromatic carbocycles. The van der Waals surface area contributed by atoms with Crippen LogP contribution in [-0.4, -0.2) is 16.0 Å². The maximum atomic E-state index is 11.6. The molecule has 0 aliphatic heterocycles. The molecule has 2 rings (SSSR count). The predicted octanol–water partition coefficient (Wildman–Crippen LogP) is 2.88. The standard InChI is InChI=1S/C11H9BrN4O/c12-8-3-1-2-4-9(8)15-11(17)16-10-7-13-5-6-14-10/h1-7H,(H2,14,15,16,17). The summed E-state index contributed by atoms with van der Waals surface area (Å²) in [6, 6.07) is 6.98. The van der Waals surface area contributed by atoms with Gasteiger partial charge in [-0.25, -0.2) is 9.78 Å². The second-order valence-corrected chi connectivity index (χ2v) is 4.00. The maximum absolute atomic E-state index is 11.6. The van der Waals surface area contributed by atoms with Crippen LogP contribution < -0.4 is 10.6 Å². The van der Waals surface area contributed by atoms with Gasteiger partial charge < -0.3 is 5.32 Å². The Balaban J connectivity index is 2.01. The molecule has 17 heavy (non-hydrogen) atoms. The number of nitrogens with zero attached hydrogens (tertiary/aromatic N) is 2. The number of nitrogens with one attached hydrogen (secondary N) is 2. The number of hydrogen-bond donors (Lipinski definition) is 2. The largest absolute Gasteiger partial charge is 0.324 e. The van der Waals surface area contributed by atoms with E-state index in [1.165, 1.54) is 18.6 Å². The molecule has 5 nitrogen and oxygen atoms in total. The van der Waals surface area contributed by atoms with Crippen LogP contribution in [0, 0.1) is 0 Å². The lowest BCUT2D eigenvalue weighted by molar-refractivity contribution is 0.262. The summed E-state index contributed by atoms with van der Waals surface area (Å²) in [4.78, 5) is 19.4. The molecule has 1 heterocycles. The SMILES string of the molecule is O=C(Nc1cnccn1)Nc1ccccc1Br. The highest BCUT2D eigenvalue weighted by molar-refractivity contribution is 9.10. The van der Waals surface area contributed by atoms with Crippen molar-refractivity contribution < 1.29 is 4.79 Å². The molecule has 0 fully saturated rings. The molecular weight excluding hydrogens is 284 g/mol. The van der Waals surface area contributed by atoms with E-state index < -0.39 is 0 Å². The van der Waals surface area contributed by atoms with E-state index in [0.717, 1.165) is 4.47 Å². The number of para-hydroxylation sites is 1. The molecule has 86 valence electrons. The van der Waals surface area contributed by atoms with Gasteiger partial charge in [0.15, 0.2) is 5.82 Å². The van der Waals surface area contributed by atoms with Crippen LogP contribution in [0.25, 0.3) is 0 Å². The van der Waals surface area contributed by atoms with Crippen LogP contribution >= 0.6 is 15.9 Å². The molecule has 2 amide bonds. The van der Waals surface area contributed by atoms with E-state index >= 15 is 0 Å². The molecule has 0 aliphatic carbocycles. The highest BCUT2D eigenvalue weighted by Crippen LogP contribution is 2.21. The number of aromatic nitrogens is 2. The summed E-state index contributed by atoms with van der Waals surface area (Å²) in [7, 11) is 0. The monoisotopic (exact) mass is 292 g/mol. The van der Waals surface area contributed by atoms with Crippen molar-refractivity contribution in [3.8, 4) is 0 Å². The smallest absolute Gasteiger partial charge is 0.307 e. The second kappa shape index (κ2) is 5.40. The lowest BCUT2D eigenvalue weighted by Gasteiger charge is -2.07. The number of carbonyl (C=O) groups excluding carboxylic acids is 1. The van der Waals surface area contributed by atoms with Gasteiger partial charge in [-0.05, 0) is 28.1 Å². The molecule has 0 spiro atoms. The third-order valence-electron chi connectivity index (χ3n) is 1.93. The third-order valence-corrected chi connectivity index (χ3v) is 2.62. The van der Waals surface area contributed by atoms with Crippen molar-refractivity contribution in [3.63, 3.8) is 0 Å². The highest BCUT2D eigenvalue weighted by atomic mass is 79.9. The Morgan fingerprint density at radius 1 is 1.18 bits per heavy atom. The summed E-state index contributed by atoms with van der Waals surface area (Å²) >= 11 is 3.34. The second-order valence-electron chi connectivity index (χ2n) is 3.15. The topological polar surface area (TPSA) is 66.9 Å². The van der Waals surface area contributed by atoms with E-state index in [1.54, 1.807) is 6.07 Å². The molecule has 0 atom stereocenters. The first kappa shape index (κ1) is 11.5. The Hall–Kier alpha value is -1.95. The third kappa shape index (κ3) is 3.25. The number of carbonyl (C=O) groups is 1. The van der Waals surface area contributed by atoms with Gasteiger partial charge in [-0.3, -0.25) is 10.3 Å². The van der Waals surface area contributed by atoms with Gasteiger partial charge in [-0.15, -0.1) is 0 Å². The van der Waals surface area contributed by atoms with Crippen LogP contribution in [0.4, 0.5) is 16.3 Å². The van der Waals surface area contributed by atoms with Crippen molar-refractivity contribution >= 4 is 33.5 Å². The summed E-state index contributed by atoms with van der Waals surface area (Å²) in [5, 5.41) is 5.27. The molecule has 0 unspecified atom stereocenters. The van der Waals surface area contributed by atoms with E-state index in [-0.39, 0.29) is 6.03 Å². The molecule has 0 saturated carbocycles. The van der Waals surface area contributed by atoms with Crippen molar-refractivity contribution in [2.45, 2.75) is 0 Å². The number of hydrogen-bond acceptors (Lipinski definition) is 3. The summed E-state index contributed by atoms with van der Waals surface area (Å²) in [5.74, 6) is 0.400. The molecule has 0 aliphatic rings. The molecule has 0 saturated heterocycles. The lowest BCUT2D eigenvalue weighted by atomic mass is 10.3. The van der Waals surface area contributed by atoms with Gasteiger partial charge in [0.2, 0.25) is 0 Å². The number of anilines is 2. The van der Waals surface area contributed by atoms with Gasteiger partial charge in [-0.1, -0.05) is 12.1 Å². The van der Waals surface area contributed by atoms with E-state index in [1.807, 2.05) is 18.2 Å². The lowest BCUT2D eigenvalue weighted by Crippen LogP contribution is -2.20. The van der Waals surface area contributed by atoms with Crippen molar-refractivity contribution in [2.75, 3.05) is 10.6 Å². The van der Waals surface area contributed by atoms with Crippen molar-refractivity contribution in [1.82, 2.24) is 9.97 Å². The van der Waals surface area contributed by atoms with Gasteiger partial charge in [0.1, 0.15) is 0 Å². The van der Waals surface area contributed by atoms with Crippen LogP contribution in [0.15, 0.2) is 47.3 Å². The average Bonchev–Trinajstić information content (AvgIpc) is 2.33. The number of benzene rings is 1. The van der Waals surface area contributed by atoms with Crippen LogP contribution in [0.2, 0.25) is 0 Å². The van der Waals surface area contributed by atoms with E-state index in [2.05, 4.69) is 36.5 Å². The van der Waals surface area contributed by atoms with E-state index in [4.69, 9.17) is 0 Å². The molecule has 1 aromatic heterocycles. The van der Waals surface area contributed by atoms with Gasteiger partial charge in [0, 0.05) is 16.9 Å². The molecule has 2 N–H and O–H groups in total. The zero-order chi connectivity index (χ0) is 12.1. The van der Waals surface area contributed by atoms with E-state index in [0.29, 0.717) is 11.5 Å². The number of urea groups is 1. The zero-order valence-electron chi connectivity index (χ0n) is 8.72. The fourth-order valence-electron chi connectivity index (χ4n) is 1.20. The van der Waals surface area contributed by atoms with Crippen LogP contribution in [-0.2, 0) is 0 Å². The van der Waals surface area contributed by atoms with Crippen molar-refractivity contribution in [3.05, 3.63) is 47.3 Å². The number of amides is 2. The Kier molecular flexibility index (Phi) is 3.66. The van der Waals surface area contributed by atoms with Crippen molar-refractivity contribution in [1.29, 1.82) is 0 Å². The summed E-state index contributed by atoms with van der Waals surface area (Å²) < 4.78 is 0.814. The van der Waals surface area contributed by atoms with Crippen LogP contribution in [0.5, 0.6) is 0 Å². The normalized spacial score (nSPS) is 9.71. The quantitative estimate of drug-likeness (QED) is 0.894. The Morgan fingerprint density at radius 2 is 2.00 bits per heavy atom. The van der Waals surface area contributed by atoms with E-state index in [9.17, 15) is 4.79 Å². The molecular formula is C11H9BrN4O. The van der Waals surface area contributed by atoms with Gasteiger partial charge in [0.25, 0.3) is 0 Å². The van der Waals surface area contributed by atoms with Crippen LogP contribution in [0.1, 0.15) is 0 Å². The number of rotatable bonds is 2. The molecule has 6 heteroatoms. The van der Waals surface area contributed by atoms with Gasteiger partial charge in [-0.2, -0.15) is 0 Å². The fraction of sp³-hybridized carbons (Fsp3) is 0.